The molecular formula is C32H34N4O4. The number of aromatic carboxylic acids is 1. The maximum Gasteiger partial charge on any atom is 0.338 e. The van der Waals surface area contributed by atoms with Crippen molar-refractivity contribution >= 4 is 56.3 Å². The number of aryl methyl sites for hydroxylation is 3. The summed E-state index contributed by atoms with van der Waals surface area (Å²) in [5.41, 5.74) is 13.0. The number of aromatic amines is 2. The van der Waals surface area contributed by atoms with E-state index in [1.54, 1.807) is 13.0 Å². The fraction of sp³-hybridized carbons (Fsp3) is 0.312. The number of aromatic nitrogens is 4. The number of nitrogens with zero attached hydrogens (tertiary/aromatic N) is 2. The molecule has 0 saturated carbocycles. The molecule has 0 spiro atoms. The number of fused-ring (bicyclic) bond motifs is 8. The third-order valence-electron chi connectivity index (χ3n) is 8.18. The van der Waals surface area contributed by atoms with E-state index in [0.29, 0.717) is 22.3 Å². The molecule has 2 aliphatic heterocycles. The van der Waals surface area contributed by atoms with Gasteiger partial charge in [0.1, 0.15) is 0 Å². The largest absolute Gasteiger partial charge is 0.481 e. The highest BCUT2D eigenvalue weighted by Crippen LogP contribution is 2.36. The van der Waals surface area contributed by atoms with Gasteiger partial charge in [-0.25, -0.2) is 14.8 Å². The number of carboxylic acid groups (broad SMARTS) is 2. The molecule has 5 rings (SSSR count). The second-order valence-electron chi connectivity index (χ2n) is 10.5. The Morgan fingerprint density at radius 1 is 0.700 bits per heavy atom. The molecule has 206 valence electrons. The normalized spacial score (nSPS) is 13.3. The summed E-state index contributed by atoms with van der Waals surface area (Å²) in [6.07, 6.45) is 1.88. The number of rotatable bonds is 6. The van der Waals surface area contributed by atoms with Crippen molar-refractivity contribution < 1.29 is 19.8 Å². The number of H-pyrrole nitrogens is 2. The summed E-state index contributed by atoms with van der Waals surface area (Å²) in [5, 5.41) is 19.5. The van der Waals surface area contributed by atoms with Crippen molar-refractivity contribution in [3.8, 4) is 0 Å². The van der Waals surface area contributed by atoms with Crippen molar-refractivity contribution in [3.05, 3.63) is 69.3 Å². The summed E-state index contributed by atoms with van der Waals surface area (Å²) >= 11 is 0. The quantitative estimate of drug-likeness (QED) is 0.260. The maximum absolute atomic E-state index is 12.4. The SMILES string of the molecule is CCC1=C(C)c2cc3[nH]c(cc4nc(cc5[nH]c(cc1n2)c(C)c5C(=O)O)C(CCC(=O)O)=C4C)c(C)c3CC. The van der Waals surface area contributed by atoms with Crippen LogP contribution in [-0.2, 0) is 11.2 Å². The number of hydrogen-bond acceptors (Lipinski definition) is 4. The van der Waals surface area contributed by atoms with E-state index in [-0.39, 0.29) is 18.4 Å². The van der Waals surface area contributed by atoms with E-state index in [9.17, 15) is 19.8 Å². The number of allylic oxidation sites excluding steroid dienone is 4. The minimum Gasteiger partial charge on any atom is -0.481 e. The minimum absolute atomic E-state index is 0.0497. The molecule has 8 nitrogen and oxygen atoms in total. The average Bonchev–Trinajstić information content (AvgIpc) is 3.55. The van der Waals surface area contributed by atoms with Crippen LogP contribution in [0.3, 0.4) is 0 Å². The van der Waals surface area contributed by atoms with Crippen LogP contribution >= 0.6 is 0 Å². The van der Waals surface area contributed by atoms with Crippen LogP contribution in [0.1, 0.15) is 96.8 Å². The highest BCUT2D eigenvalue weighted by Gasteiger charge is 2.22. The van der Waals surface area contributed by atoms with Crippen molar-refractivity contribution in [2.75, 3.05) is 0 Å². The molecular weight excluding hydrogens is 504 g/mol. The standard InChI is InChI=1S/C32H34N4O4/c1-7-19-15(3)22-11-23-17(5)21(9-10-30(37)38)28(35-23)14-29-31(32(39)40)18(6)25(36-29)13-27-20(8-2)16(4)24(34-27)12-26(19)33-22/h11-14,33,36H,7-10H2,1-6H3,(H,37,38)(H,39,40). The van der Waals surface area contributed by atoms with E-state index in [1.165, 1.54) is 5.56 Å². The Morgan fingerprint density at radius 2 is 1.23 bits per heavy atom. The molecule has 0 fully saturated rings. The number of aliphatic carboxylic acids is 1. The molecule has 0 unspecified atom stereocenters. The number of carboxylic acids is 2. The Morgan fingerprint density at radius 3 is 1.82 bits per heavy atom. The highest BCUT2D eigenvalue weighted by atomic mass is 16.4. The molecule has 3 aromatic heterocycles. The van der Waals surface area contributed by atoms with E-state index in [1.807, 2.05) is 19.1 Å². The Bertz CT molecular complexity index is 1820. The summed E-state index contributed by atoms with van der Waals surface area (Å²) in [5.74, 6) is -1.94. The van der Waals surface area contributed by atoms with Crippen LogP contribution in [0.4, 0.5) is 0 Å². The van der Waals surface area contributed by atoms with Crippen molar-refractivity contribution in [1.82, 2.24) is 19.9 Å². The Labute approximate surface area is 232 Å². The van der Waals surface area contributed by atoms with Gasteiger partial charge in [0.05, 0.1) is 33.9 Å². The zero-order valence-corrected chi connectivity index (χ0v) is 23.7. The first-order valence-electron chi connectivity index (χ1n) is 13.6. The maximum atomic E-state index is 12.4. The van der Waals surface area contributed by atoms with Gasteiger partial charge in [0.25, 0.3) is 0 Å². The van der Waals surface area contributed by atoms with Gasteiger partial charge in [0, 0.05) is 23.0 Å². The summed E-state index contributed by atoms with van der Waals surface area (Å²) in [4.78, 5) is 40.6. The average molecular weight is 539 g/mol. The second kappa shape index (κ2) is 10.3. The van der Waals surface area contributed by atoms with Gasteiger partial charge < -0.3 is 20.2 Å². The minimum atomic E-state index is -1.04. The molecule has 2 aliphatic rings. The van der Waals surface area contributed by atoms with Crippen LogP contribution in [0.5, 0.6) is 0 Å². The Balaban J connectivity index is 1.97. The molecule has 5 heterocycles. The van der Waals surface area contributed by atoms with Gasteiger partial charge in [-0.2, -0.15) is 0 Å². The molecule has 0 aliphatic carbocycles. The zero-order valence-electron chi connectivity index (χ0n) is 23.7. The monoisotopic (exact) mass is 538 g/mol. The van der Waals surface area contributed by atoms with Crippen LogP contribution in [0, 0.1) is 13.8 Å². The van der Waals surface area contributed by atoms with Crippen LogP contribution in [0.25, 0.3) is 44.4 Å². The van der Waals surface area contributed by atoms with Gasteiger partial charge in [0.2, 0.25) is 0 Å². The van der Waals surface area contributed by atoms with Crippen LogP contribution in [-0.4, -0.2) is 42.1 Å². The summed E-state index contributed by atoms with van der Waals surface area (Å²) in [6, 6.07) is 7.75. The summed E-state index contributed by atoms with van der Waals surface area (Å²) in [6.45, 7) is 12.1. The smallest absolute Gasteiger partial charge is 0.338 e. The first-order valence-corrected chi connectivity index (χ1v) is 13.6. The molecule has 0 aromatic carbocycles. The van der Waals surface area contributed by atoms with Crippen LogP contribution < -0.4 is 0 Å². The molecule has 0 atom stereocenters. The predicted molar refractivity (Wildman–Crippen MR) is 159 cm³/mol. The molecule has 0 amide bonds. The third kappa shape index (κ3) is 4.53. The molecule has 40 heavy (non-hydrogen) atoms. The highest BCUT2D eigenvalue weighted by molar-refractivity contribution is 6.02. The van der Waals surface area contributed by atoms with Crippen LogP contribution in [0.15, 0.2) is 24.3 Å². The van der Waals surface area contributed by atoms with Crippen molar-refractivity contribution in [1.29, 1.82) is 0 Å². The fourth-order valence-corrected chi connectivity index (χ4v) is 5.88. The molecule has 3 aromatic rings. The lowest BCUT2D eigenvalue weighted by atomic mass is 10.0. The van der Waals surface area contributed by atoms with Crippen molar-refractivity contribution in [3.63, 3.8) is 0 Å². The number of nitrogens with one attached hydrogen (secondary N) is 2. The van der Waals surface area contributed by atoms with Gasteiger partial charge in [-0.3, -0.25) is 4.79 Å². The van der Waals surface area contributed by atoms with E-state index < -0.39 is 11.9 Å². The topological polar surface area (TPSA) is 132 Å². The summed E-state index contributed by atoms with van der Waals surface area (Å²) in [7, 11) is 0. The lowest BCUT2D eigenvalue weighted by molar-refractivity contribution is -0.136. The number of hydrogen-bond donors (Lipinski definition) is 4. The lowest BCUT2D eigenvalue weighted by Gasteiger charge is -2.02. The predicted octanol–water partition coefficient (Wildman–Crippen LogP) is 7.33. The molecule has 0 saturated heterocycles. The van der Waals surface area contributed by atoms with Crippen molar-refractivity contribution in [2.24, 2.45) is 0 Å². The molecule has 8 bridgehead atoms. The molecule has 4 N–H and O–H groups in total. The molecule has 8 heteroatoms. The van der Waals surface area contributed by atoms with Gasteiger partial charge in [0.15, 0.2) is 0 Å². The first kappa shape index (κ1) is 27.1. The van der Waals surface area contributed by atoms with Gasteiger partial charge >= 0.3 is 11.9 Å². The van der Waals surface area contributed by atoms with E-state index >= 15 is 0 Å². The summed E-state index contributed by atoms with van der Waals surface area (Å²) < 4.78 is 0. The van der Waals surface area contributed by atoms with E-state index in [4.69, 9.17) is 9.97 Å². The van der Waals surface area contributed by atoms with E-state index in [2.05, 4.69) is 43.7 Å². The van der Waals surface area contributed by atoms with Gasteiger partial charge in [-0.15, -0.1) is 0 Å². The second-order valence-corrected chi connectivity index (χ2v) is 10.5. The molecule has 0 radical (unpaired) electrons. The number of carbonyl (C=O) groups is 2. The van der Waals surface area contributed by atoms with E-state index in [0.717, 1.165) is 68.8 Å². The lowest BCUT2D eigenvalue weighted by Crippen LogP contribution is -1.97. The van der Waals surface area contributed by atoms with Crippen LogP contribution in [0.2, 0.25) is 0 Å². The fourth-order valence-electron chi connectivity index (χ4n) is 5.88. The van der Waals surface area contributed by atoms with Gasteiger partial charge in [-0.05, 0) is 110 Å². The first-order chi connectivity index (χ1) is 19.0. The van der Waals surface area contributed by atoms with Gasteiger partial charge in [-0.1, -0.05) is 13.8 Å². The zero-order chi connectivity index (χ0) is 28.9. The Kier molecular flexibility index (Phi) is 6.96. The Hall–Kier alpha value is -4.46. The van der Waals surface area contributed by atoms with Crippen molar-refractivity contribution in [2.45, 2.75) is 67.2 Å². The third-order valence-corrected chi connectivity index (χ3v) is 8.18.